The number of carbonyl (C=O) groups is 1. The molecule has 34 heavy (non-hydrogen) atoms. The highest BCUT2D eigenvalue weighted by Crippen LogP contribution is 2.44. The van der Waals surface area contributed by atoms with E-state index in [2.05, 4.69) is 0 Å². The van der Waals surface area contributed by atoms with Crippen molar-refractivity contribution in [2.24, 2.45) is 11.3 Å². The first-order chi connectivity index (χ1) is 16.2. The number of fused-ring (bicyclic) bond motifs is 1. The lowest BCUT2D eigenvalue weighted by molar-refractivity contribution is -0.137. The molecule has 0 unspecified atom stereocenters. The van der Waals surface area contributed by atoms with Gasteiger partial charge in [-0.05, 0) is 42.3 Å². The zero-order chi connectivity index (χ0) is 24.5. The van der Waals surface area contributed by atoms with Gasteiger partial charge in [0.25, 0.3) is 0 Å². The lowest BCUT2D eigenvalue weighted by Gasteiger charge is -2.43. The van der Waals surface area contributed by atoms with Gasteiger partial charge in [-0.25, -0.2) is 0 Å². The number of benzene rings is 2. The summed E-state index contributed by atoms with van der Waals surface area (Å²) in [5.41, 5.74) is -0.576. The van der Waals surface area contributed by atoms with Crippen molar-refractivity contribution in [2.75, 3.05) is 44.8 Å². The predicted octanol–water partition coefficient (Wildman–Crippen LogP) is 3.48. The van der Waals surface area contributed by atoms with Crippen LogP contribution < -0.4 is 9.64 Å². The second kappa shape index (κ2) is 9.18. The number of amides is 1. The van der Waals surface area contributed by atoms with E-state index in [0.29, 0.717) is 44.0 Å². The Hall–Kier alpha value is -3.25. The summed E-state index contributed by atoms with van der Waals surface area (Å²) in [7, 11) is 1.57. The van der Waals surface area contributed by atoms with Gasteiger partial charge in [0.05, 0.1) is 37.3 Å². The van der Waals surface area contributed by atoms with E-state index >= 15 is 0 Å². The van der Waals surface area contributed by atoms with Crippen LogP contribution in [0.3, 0.4) is 0 Å². The average Bonchev–Trinajstić information content (AvgIpc) is 3.23. The number of nitriles is 1. The van der Waals surface area contributed by atoms with Gasteiger partial charge in [0.1, 0.15) is 5.75 Å². The fourth-order valence-corrected chi connectivity index (χ4v) is 5.06. The van der Waals surface area contributed by atoms with Crippen molar-refractivity contribution in [1.82, 2.24) is 4.90 Å². The van der Waals surface area contributed by atoms with Crippen LogP contribution in [0.2, 0.25) is 0 Å². The summed E-state index contributed by atoms with van der Waals surface area (Å²) < 4.78 is 45.4. The molecule has 2 atom stereocenters. The Balaban J connectivity index is 1.49. The van der Waals surface area contributed by atoms with Gasteiger partial charge in [-0.1, -0.05) is 12.1 Å². The normalized spacial score (nSPS) is 22.3. The molecule has 6 nitrogen and oxygen atoms in total. The van der Waals surface area contributed by atoms with Gasteiger partial charge in [-0.2, -0.15) is 18.4 Å². The number of methoxy groups -OCH3 is 1. The molecule has 2 fully saturated rings. The fraction of sp³-hybridized carbons (Fsp3) is 0.440. The van der Waals surface area contributed by atoms with E-state index in [0.717, 1.165) is 11.6 Å². The number of carbonyl (C=O) groups excluding carboxylic acids is 1. The standard InChI is InChI=1S/C25H26F3N3O3/c1-34-21-6-2-17(3-7-21)10-23(33)31-14-19-13-30(9-8-24(19,15-31)16-32)20-5-4-18(12-29)22(11-20)25(26,27)28/h2-7,11,19,32H,8-10,13-16H2,1H3/t19-,24+/m1/s1. The average molecular weight is 473 g/mol. The third kappa shape index (κ3) is 4.55. The van der Waals surface area contributed by atoms with Crippen LogP contribution in [0.5, 0.6) is 5.75 Å². The zero-order valence-electron chi connectivity index (χ0n) is 18.8. The maximum absolute atomic E-state index is 13.4. The number of ether oxygens (including phenoxy) is 1. The van der Waals surface area contributed by atoms with E-state index in [-0.39, 0.29) is 24.9 Å². The van der Waals surface area contributed by atoms with Gasteiger partial charge < -0.3 is 19.6 Å². The third-order valence-corrected chi connectivity index (χ3v) is 7.11. The molecule has 0 aromatic heterocycles. The predicted molar refractivity (Wildman–Crippen MR) is 119 cm³/mol. The van der Waals surface area contributed by atoms with Gasteiger partial charge in [-0.15, -0.1) is 0 Å². The Morgan fingerprint density at radius 3 is 2.59 bits per heavy atom. The highest BCUT2D eigenvalue weighted by atomic mass is 19.4. The molecule has 0 spiro atoms. The quantitative estimate of drug-likeness (QED) is 0.720. The van der Waals surface area contributed by atoms with Crippen LogP contribution in [0.15, 0.2) is 42.5 Å². The maximum atomic E-state index is 13.4. The minimum atomic E-state index is -4.62. The molecule has 2 aliphatic heterocycles. The molecule has 1 amide bonds. The molecule has 0 saturated carbocycles. The van der Waals surface area contributed by atoms with Crippen LogP contribution in [0, 0.1) is 22.7 Å². The molecule has 1 N–H and O–H groups in total. The molecular formula is C25H26F3N3O3. The van der Waals surface area contributed by atoms with Gasteiger partial charge in [0, 0.05) is 43.2 Å². The number of alkyl halides is 3. The van der Waals surface area contributed by atoms with Crippen molar-refractivity contribution < 1.29 is 27.8 Å². The molecule has 9 heteroatoms. The first kappa shape index (κ1) is 23.9. The number of aliphatic hydroxyl groups is 1. The van der Waals surface area contributed by atoms with Crippen LogP contribution in [0.4, 0.5) is 18.9 Å². The lowest BCUT2D eigenvalue weighted by Crippen LogP contribution is -2.49. The van der Waals surface area contributed by atoms with E-state index in [1.54, 1.807) is 30.2 Å². The van der Waals surface area contributed by atoms with Crippen molar-refractivity contribution in [3.63, 3.8) is 0 Å². The number of hydrogen-bond acceptors (Lipinski definition) is 5. The number of piperidine rings is 1. The molecule has 2 aromatic rings. The van der Waals surface area contributed by atoms with Crippen molar-refractivity contribution in [3.05, 3.63) is 59.2 Å². The third-order valence-electron chi connectivity index (χ3n) is 7.11. The molecule has 2 heterocycles. The molecule has 0 bridgehead atoms. The largest absolute Gasteiger partial charge is 0.497 e. The first-order valence-corrected chi connectivity index (χ1v) is 11.1. The summed E-state index contributed by atoms with van der Waals surface area (Å²) in [6, 6.07) is 12.6. The summed E-state index contributed by atoms with van der Waals surface area (Å²) in [5.74, 6) is 0.590. The number of aliphatic hydroxyl groups excluding tert-OH is 1. The molecule has 2 aromatic carbocycles. The van der Waals surface area contributed by atoms with Crippen LogP contribution >= 0.6 is 0 Å². The first-order valence-electron chi connectivity index (χ1n) is 11.1. The van der Waals surface area contributed by atoms with Crippen molar-refractivity contribution in [1.29, 1.82) is 5.26 Å². The second-order valence-corrected chi connectivity index (χ2v) is 9.05. The summed E-state index contributed by atoms with van der Waals surface area (Å²) in [5, 5.41) is 19.3. The Morgan fingerprint density at radius 2 is 1.97 bits per heavy atom. The van der Waals surface area contributed by atoms with Crippen molar-refractivity contribution in [3.8, 4) is 11.8 Å². The monoisotopic (exact) mass is 473 g/mol. The number of hydrogen-bond donors (Lipinski definition) is 1. The van der Waals surface area contributed by atoms with E-state index in [4.69, 9.17) is 10.00 Å². The lowest BCUT2D eigenvalue weighted by atomic mass is 9.73. The summed E-state index contributed by atoms with van der Waals surface area (Å²) >= 11 is 0. The van der Waals surface area contributed by atoms with Crippen LogP contribution in [0.25, 0.3) is 0 Å². The number of anilines is 1. The fourth-order valence-electron chi connectivity index (χ4n) is 5.06. The van der Waals surface area contributed by atoms with Crippen LogP contribution in [0.1, 0.15) is 23.1 Å². The van der Waals surface area contributed by atoms with Crippen LogP contribution in [-0.2, 0) is 17.4 Å². The zero-order valence-corrected chi connectivity index (χ0v) is 18.8. The maximum Gasteiger partial charge on any atom is 0.417 e. The number of likely N-dealkylation sites (tertiary alicyclic amines) is 1. The van der Waals surface area contributed by atoms with Crippen molar-refractivity contribution >= 4 is 11.6 Å². The minimum Gasteiger partial charge on any atom is -0.497 e. The summed E-state index contributed by atoms with van der Waals surface area (Å²) in [6.45, 7) is 1.67. The van der Waals surface area contributed by atoms with E-state index in [1.165, 1.54) is 12.1 Å². The van der Waals surface area contributed by atoms with Crippen LogP contribution in [-0.4, -0.2) is 55.8 Å². The SMILES string of the molecule is COc1ccc(CC(=O)N2C[C@H]3CN(c4ccc(C#N)c(C(F)(F)F)c4)CC[C@@]3(CO)C2)cc1. The Kier molecular flexibility index (Phi) is 6.45. The van der Waals surface area contributed by atoms with E-state index < -0.39 is 22.7 Å². The number of nitrogens with zero attached hydrogens (tertiary/aromatic N) is 3. The second-order valence-electron chi connectivity index (χ2n) is 9.05. The Bertz CT molecular complexity index is 1100. The molecule has 2 saturated heterocycles. The molecule has 4 rings (SSSR count). The Morgan fingerprint density at radius 1 is 1.24 bits per heavy atom. The van der Waals surface area contributed by atoms with Gasteiger partial charge in [-0.3, -0.25) is 4.79 Å². The molecular weight excluding hydrogens is 447 g/mol. The Labute approximate surface area is 196 Å². The number of halogens is 3. The highest BCUT2D eigenvalue weighted by molar-refractivity contribution is 5.79. The smallest absolute Gasteiger partial charge is 0.417 e. The van der Waals surface area contributed by atoms with E-state index in [9.17, 15) is 23.1 Å². The number of rotatable bonds is 5. The summed E-state index contributed by atoms with van der Waals surface area (Å²) in [4.78, 5) is 16.6. The van der Waals surface area contributed by atoms with Gasteiger partial charge >= 0.3 is 6.18 Å². The van der Waals surface area contributed by atoms with Crippen molar-refractivity contribution in [2.45, 2.75) is 19.0 Å². The summed E-state index contributed by atoms with van der Waals surface area (Å²) in [6.07, 6.45) is -3.84. The highest BCUT2D eigenvalue weighted by Gasteiger charge is 2.50. The topological polar surface area (TPSA) is 76.8 Å². The van der Waals surface area contributed by atoms with Gasteiger partial charge in [0.2, 0.25) is 5.91 Å². The molecule has 0 radical (unpaired) electrons. The molecule has 0 aliphatic carbocycles. The minimum absolute atomic E-state index is 0.0447. The molecule has 2 aliphatic rings. The van der Waals surface area contributed by atoms with Gasteiger partial charge in [0.15, 0.2) is 0 Å². The van der Waals surface area contributed by atoms with E-state index in [1.807, 2.05) is 17.0 Å². The molecule has 180 valence electrons.